The monoisotopic (exact) mass is 230 g/mol. The second-order valence-corrected chi connectivity index (χ2v) is 6.63. The van der Waals surface area contributed by atoms with E-state index in [4.69, 9.17) is 11.8 Å². The molecule has 15 heavy (non-hydrogen) atoms. The number of nitrogens with zero attached hydrogens (tertiary/aromatic N) is 2. The van der Waals surface area contributed by atoms with Crippen molar-refractivity contribution in [2.45, 2.75) is 65.2 Å². The van der Waals surface area contributed by atoms with Crippen LogP contribution < -0.4 is 0 Å². The van der Waals surface area contributed by atoms with Gasteiger partial charge in [0.15, 0.2) is 0 Å². The average molecular weight is 231 g/mol. The first-order chi connectivity index (χ1) is 6.43. The molecule has 1 rings (SSSR count). The van der Waals surface area contributed by atoms with Crippen molar-refractivity contribution in [3.63, 3.8) is 0 Å². The Morgan fingerprint density at radius 3 is 1.67 bits per heavy atom. The number of rotatable bonds is 0. The van der Waals surface area contributed by atoms with Crippen LogP contribution in [0.2, 0.25) is 0 Å². The number of hydrogen-bond acceptors (Lipinski definition) is 2. The van der Waals surface area contributed by atoms with Gasteiger partial charge in [0.2, 0.25) is 0 Å². The molecule has 0 radical (unpaired) electrons. The smallest absolute Gasteiger partial charge is 0.103 e. The predicted molar refractivity (Wildman–Crippen MR) is 66.6 cm³/mol. The van der Waals surface area contributed by atoms with E-state index in [0.29, 0.717) is 0 Å². The summed E-state index contributed by atoms with van der Waals surface area (Å²) in [7, 11) is 0. The van der Waals surface area contributed by atoms with Gasteiger partial charge in [-0.05, 0) is 60.2 Å². The fourth-order valence-electron chi connectivity index (χ4n) is 2.71. The molecule has 1 fully saturated rings. The Kier molecular flexibility index (Phi) is 2.69. The molecule has 0 aromatic heterocycles. The molecule has 0 N–H and O–H groups in total. The maximum absolute atomic E-state index is 6.42. The van der Waals surface area contributed by atoms with Crippen LogP contribution in [0.25, 0.3) is 0 Å². The summed E-state index contributed by atoms with van der Waals surface area (Å²) < 4.78 is 1.87. The second-order valence-electron chi connectivity index (χ2n) is 6.29. The molecule has 0 spiro atoms. The van der Waals surface area contributed by atoms with Crippen molar-refractivity contribution >= 4 is 11.8 Å². The van der Waals surface area contributed by atoms with Crippen molar-refractivity contribution in [2.75, 3.05) is 0 Å². The van der Waals surface area contributed by atoms with E-state index in [0.717, 1.165) is 5.70 Å². The van der Waals surface area contributed by atoms with Gasteiger partial charge in [-0.15, -0.1) is 0 Å². The zero-order chi connectivity index (χ0) is 12.2. The third-order valence-electron chi connectivity index (χ3n) is 3.17. The molecular weight excluding hydrogens is 208 g/mol. The first-order valence-electron chi connectivity index (χ1n) is 5.39. The van der Waals surface area contributed by atoms with E-state index in [-0.39, 0.29) is 16.7 Å². The standard InChI is InChI=1S/C12H23ClN2/c1-9-11(5,6)15(13)12(7,8)14(9)10(2,3)4/h1H2,2-8H3. The second kappa shape index (κ2) is 3.14. The lowest BCUT2D eigenvalue weighted by atomic mass is 9.98. The first kappa shape index (κ1) is 12.9. The molecule has 0 aromatic carbocycles. The van der Waals surface area contributed by atoms with Crippen molar-refractivity contribution in [1.82, 2.24) is 9.32 Å². The molecule has 3 heteroatoms. The minimum Gasteiger partial charge on any atom is -0.350 e. The van der Waals surface area contributed by atoms with Crippen molar-refractivity contribution < 1.29 is 0 Å². The summed E-state index contributed by atoms with van der Waals surface area (Å²) >= 11 is 6.42. The highest BCUT2D eigenvalue weighted by Gasteiger charge is 2.55. The molecule has 0 aliphatic carbocycles. The Hall–Kier alpha value is -0.210. The summed E-state index contributed by atoms with van der Waals surface area (Å²) in [6.07, 6.45) is 0. The Labute approximate surface area is 99.0 Å². The van der Waals surface area contributed by atoms with Crippen LogP contribution in [0, 0.1) is 0 Å². The summed E-state index contributed by atoms with van der Waals surface area (Å²) in [6, 6.07) is 0. The van der Waals surface area contributed by atoms with Gasteiger partial charge in [0, 0.05) is 11.2 Å². The third kappa shape index (κ3) is 1.68. The first-order valence-corrected chi connectivity index (χ1v) is 5.73. The summed E-state index contributed by atoms with van der Waals surface area (Å²) in [5.74, 6) is 0. The average Bonchev–Trinajstić information content (AvgIpc) is 2.09. The van der Waals surface area contributed by atoms with Gasteiger partial charge >= 0.3 is 0 Å². The normalized spacial score (nSPS) is 26.1. The van der Waals surface area contributed by atoms with Crippen LogP contribution in [0.15, 0.2) is 12.3 Å². The van der Waals surface area contributed by atoms with Crippen LogP contribution in [0.3, 0.4) is 0 Å². The van der Waals surface area contributed by atoms with E-state index in [2.05, 4.69) is 59.9 Å². The molecule has 0 saturated carbocycles. The molecule has 1 aliphatic rings. The molecule has 2 nitrogen and oxygen atoms in total. The summed E-state index contributed by atoms with van der Waals surface area (Å²) in [4.78, 5) is 2.30. The molecule has 0 atom stereocenters. The molecule has 0 aromatic rings. The lowest BCUT2D eigenvalue weighted by molar-refractivity contribution is 0.0352. The summed E-state index contributed by atoms with van der Waals surface area (Å²) in [5, 5.41) is 0. The number of hydrogen-bond donors (Lipinski definition) is 0. The maximum Gasteiger partial charge on any atom is 0.103 e. The van der Waals surface area contributed by atoms with Crippen LogP contribution in [-0.2, 0) is 0 Å². The third-order valence-corrected chi connectivity index (χ3v) is 4.00. The van der Waals surface area contributed by atoms with Gasteiger partial charge in [0.25, 0.3) is 0 Å². The van der Waals surface area contributed by atoms with E-state index in [1.54, 1.807) is 0 Å². The van der Waals surface area contributed by atoms with E-state index >= 15 is 0 Å². The van der Waals surface area contributed by atoms with Gasteiger partial charge in [-0.3, -0.25) is 0 Å². The molecule has 0 amide bonds. The fraction of sp³-hybridized carbons (Fsp3) is 0.833. The molecule has 0 unspecified atom stereocenters. The lowest BCUT2D eigenvalue weighted by Crippen LogP contribution is -2.53. The highest BCUT2D eigenvalue weighted by molar-refractivity contribution is 6.14. The SMILES string of the molecule is C=C1N(C(C)(C)C)C(C)(C)N(Cl)C1(C)C. The molecule has 1 aliphatic heterocycles. The molecule has 1 heterocycles. The van der Waals surface area contributed by atoms with Gasteiger partial charge < -0.3 is 4.90 Å². The minimum absolute atomic E-state index is 0.0293. The van der Waals surface area contributed by atoms with Gasteiger partial charge in [0.1, 0.15) is 5.66 Å². The highest BCUT2D eigenvalue weighted by Crippen LogP contribution is 2.48. The highest BCUT2D eigenvalue weighted by atomic mass is 35.5. The van der Waals surface area contributed by atoms with Crippen LogP contribution in [0.5, 0.6) is 0 Å². The van der Waals surface area contributed by atoms with Crippen molar-refractivity contribution in [3.8, 4) is 0 Å². The van der Waals surface area contributed by atoms with Crippen LogP contribution in [0.4, 0.5) is 0 Å². The molecule has 0 bridgehead atoms. The molecule has 88 valence electrons. The minimum atomic E-state index is -0.208. The number of halogens is 1. The van der Waals surface area contributed by atoms with Gasteiger partial charge in [-0.1, -0.05) is 6.58 Å². The van der Waals surface area contributed by atoms with Gasteiger partial charge in [0.05, 0.1) is 5.54 Å². The fourth-order valence-corrected chi connectivity index (χ4v) is 2.89. The predicted octanol–water partition coefficient (Wildman–Crippen LogP) is 3.58. The quantitative estimate of drug-likeness (QED) is 0.587. The Balaban J connectivity index is 3.26. The van der Waals surface area contributed by atoms with Crippen LogP contribution >= 0.6 is 11.8 Å². The van der Waals surface area contributed by atoms with E-state index < -0.39 is 0 Å². The molecular formula is C12H23ClN2. The zero-order valence-corrected chi connectivity index (χ0v) is 11.7. The summed E-state index contributed by atoms with van der Waals surface area (Å²) in [6.45, 7) is 19.2. The zero-order valence-electron chi connectivity index (χ0n) is 11.0. The van der Waals surface area contributed by atoms with Crippen LogP contribution in [0.1, 0.15) is 48.5 Å². The topological polar surface area (TPSA) is 6.48 Å². The Morgan fingerprint density at radius 2 is 1.53 bits per heavy atom. The van der Waals surface area contributed by atoms with Crippen molar-refractivity contribution in [3.05, 3.63) is 12.3 Å². The van der Waals surface area contributed by atoms with Gasteiger partial charge in [-0.2, -0.15) is 4.42 Å². The van der Waals surface area contributed by atoms with E-state index in [9.17, 15) is 0 Å². The summed E-state index contributed by atoms with van der Waals surface area (Å²) in [5.41, 5.74) is 0.704. The van der Waals surface area contributed by atoms with Crippen molar-refractivity contribution in [2.24, 2.45) is 0 Å². The van der Waals surface area contributed by atoms with Gasteiger partial charge in [-0.25, -0.2) is 0 Å². The Morgan fingerprint density at radius 1 is 1.13 bits per heavy atom. The van der Waals surface area contributed by atoms with E-state index in [1.165, 1.54) is 0 Å². The Bertz CT molecular complexity index is 286. The largest absolute Gasteiger partial charge is 0.350 e. The van der Waals surface area contributed by atoms with Crippen LogP contribution in [-0.4, -0.2) is 26.1 Å². The lowest BCUT2D eigenvalue weighted by Gasteiger charge is -2.45. The van der Waals surface area contributed by atoms with E-state index in [1.807, 2.05) is 4.42 Å². The van der Waals surface area contributed by atoms with Crippen molar-refractivity contribution in [1.29, 1.82) is 0 Å². The maximum atomic E-state index is 6.42. The molecule has 1 saturated heterocycles.